The van der Waals surface area contributed by atoms with Crippen LogP contribution in [0.25, 0.3) is 0 Å². The summed E-state index contributed by atoms with van der Waals surface area (Å²) in [6.07, 6.45) is 3.61. The number of rotatable bonds is 6. The number of amides is 1. The SMILES string of the molecule is COC(=O)c1cc(NC(=O)CSCC2CCCCO2)on1. The van der Waals surface area contributed by atoms with Crippen molar-refractivity contribution in [2.45, 2.75) is 25.4 Å². The summed E-state index contributed by atoms with van der Waals surface area (Å²) in [4.78, 5) is 22.9. The normalized spacial score (nSPS) is 18.2. The second-order valence-corrected chi connectivity index (χ2v) is 5.65. The van der Waals surface area contributed by atoms with E-state index in [0.29, 0.717) is 5.75 Å². The van der Waals surface area contributed by atoms with Crippen molar-refractivity contribution >= 4 is 29.5 Å². The van der Waals surface area contributed by atoms with Crippen molar-refractivity contribution in [1.29, 1.82) is 0 Å². The zero-order valence-corrected chi connectivity index (χ0v) is 12.6. The first-order chi connectivity index (χ1) is 10.2. The first-order valence-electron chi connectivity index (χ1n) is 6.73. The summed E-state index contributed by atoms with van der Waals surface area (Å²) in [6.45, 7) is 0.811. The number of esters is 1. The Labute approximate surface area is 126 Å². The average Bonchev–Trinajstić information content (AvgIpc) is 2.96. The Kier molecular flexibility index (Phi) is 6.06. The van der Waals surface area contributed by atoms with Crippen LogP contribution in [0.2, 0.25) is 0 Å². The van der Waals surface area contributed by atoms with E-state index in [0.717, 1.165) is 25.2 Å². The van der Waals surface area contributed by atoms with E-state index < -0.39 is 5.97 Å². The third-order valence-electron chi connectivity index (χ3n) is 2.98. The van der Waals surface area contributed by atoms with Crippen molar-refractivity contribution in [1.82, 2.24) is 5.16 Å². The molecule has 1 fully saturated rings. The molecule has 0 bridgehead atoms. The number of thioether (sulfide) groups is 1. The number of hydrogen-bond acceptors (Lipinski definition) is 7. The van der Waals surface area contributed by atoms with Crippen LogP contribution in [0.5, 0.6) is 0 Å². The third kappa shape index (κ3) is 5.05. The predicted molar refractivity (Wildman–Crippen MR) is 77.4 cm³/mol. The maximum absolute atomic E-state index is 11.7. The minimum Gasteiger partial charge on any atom is -0.464 e. The predicted octanol–water partition coefficient (Wildman–Crippen LogP) is 1.70. The molecule has 1 aromatic rings. The van der Waals surface area contributed by atoms with Crippen LogP contribution in [0.15, 0.2) is 10.6 Å². The van der Waals surface area contributed by atoms with Gasteiger partial charge in [0.25, 0.3) is 0 Å². The molecule has 1 aliphatic heterocycles. The minimum absolute atomic E-state index is 0.0241. The van der Waals surface area contributed by atoms with Gasteiger partial charge in [0, 0.05) is 18.4 Å². The van der Waals surface area contributed by atoms with Crippen LogP contribution in [0.1, 0.15) is 29.8 Å². The molecule has 2 rings (SSSR count). The second-order valence-electron chi connectivity index (χ2n) is 4.62. The quantitative estimate of drug-likeness (QED) is 0.799. The molecule has 1 N–H and O–H groups in total. The molecule has 0 saturated carbocycles. The highest BCUT2D eigenvalue weighted by molar-refractivity contribution is 8.00. The van der Waals surface area contributed by atoms with Crippen molar-refractivity contribution in [2.24, 2.45) is 0 Å². The molecular formula is C13H18N2O5S. The first kappa shape index (κ1) is 15.8. The third-order valence-corrected chi connectivity index (χ3v) is 4.05. The lowest BCUT2D eigenvalue weighted by Gasteiger charge is -2.21. The number of hydrogen-bond donors (Lipinski definition) is 1. The summed E-state index contributed by atoms with van der Waals surface area (Å²) in [6, 6.07) is 1.33. The van der Waals surface area contributed by atoms with Crippen molar-refractivity contribution in [2.75, 3.05) is 30.5 Å². The molecule has 8 heteroatoms. The fourth-order valence-electron chi connectivity index (χ4n) is 1.93. The molecule has 0 aromatic carbocycles. The van der Waals surface area contributed by atoms with E-state index in [4.69, 9.17) is 9.26 Å². The Morgan fingerprint density at radius 1 is 1.52 bits per heavy atom. The molecule has 1 unspecified atom stereocenters. The molecule has 7 nitrogen and oxygen atoms in total. The van der Waals surface area contributed by atoms with Gasteiger partial charge in [-0.25, -0.2) is 4.79 Å². The molecule has 1 saturated heterocycles. The van der Waals surface area contributed by atoms with E-state index in [-0.39, 0.29) is 23.6 Å². The van der Waals surface area contributed by atoms with Crippen LogP contribution in [0.3, 0.4) is 0 Å². The van der Waals surface area contributed by atoms with Gasteiger partial charge < -0.3 is 14.0 Å². The molecule has 0 spiro atoms. The summed E-state index contributed by atoms with van der Waals surface area (Å²) in [7, 11) is 1.25. The maximum atomic E-state index is 11.7. The topological polar surface area (TPSA) is 90.7 Å². The van der Waals surface area contributed by atoms with Crippen molar-refractivity contribution in [3.63, 3.8) is 0 Å². The van der Waals surface area contributed by atoms with E-state index in [9.17, 15) is 9.59 Å². The van der Waals surface area contributed by atoms with Gasteiger partial charge in [0.1, 0.15) is 0 Å². The Bertz CT molecular complexity index is 485. The number of aromatic nitrogens is 1. The van der Waals surface area contributed by atoms with Gasteiger partial charge in [-0.2, -0.15) is 0 Å². The van der Waals surface area contributed by atoms with Crippen LogP contribution in [-0.2, 0) is 14.3 Å². The number of anilines is 1. The lowest BCUT2D eigenvalue weighted by molar-refractivity contribution is -0.113. The van der Waals surface area contributed by atoms with Crippen molar-refractivity contribution in [3.05, 3.63) is 11.8 Å². The van der Waals surface area contributed by atoms with Crippen LogP contribution < -0.4 is 5.32 Å². The van der Waals surface area contributed by atoms with E-state index in [2.05, 4.69) is 15.2 Å². The standard InChI is InChI=1S/C13H18N2O5S/c1-18-13(17)10-6-12(20-15-10)14-11(16)8-21-7-9-4-2-3-5-19-9/h6,9H,2-5,7-8H2,1H3,(H,14,16). The van der Waals surface area contributed by atoms with E-state index >= 15 is 0 Å². The average molecular weight is 314 g/mol. The molecule has 2 heterocycles. The molecule has 116 valence electrons. The number of carbonyl (C=O) groups is 2. The van der Waals surface area contributed by atoms with Crippen LogP contribution in [-0.4, -0.2) is 48.4 Å². The van der Waals surface area contributed by atoms with E-state index in [1.165, 1.54) is 31.4 Å². The highest BCUT2D eigenvalue weighted by atomic mass is 32.2. The number of nitrogens with one attached hydrogen (secondary N) is 1. The molecule has 21 heavy (non-hydrogen) atoms. The molecule has 1 aliphatic rings. The highest BCUT2D eigenvalue weighted by Crippen LogP contribution is 2.17. The summed E-state index contributed by atoms with van der Waals surface area (Å²) < 4.78 is 14.9. The second kappa shape index (κ2) is 8.04. The molecule has 1 atom stereocenters. The molecule has 1 aromatic heterocycles. The summed E-state index contributed by atoms with van der Waals surface area (Å²) in [5.74, 6) is 0.423. The van der Waals surface area contributed by atoms with Crippen molar-refractivity contribution < 1.29 is 23.6 Å². The maximum Gasteiger partial charge on any atom is 0.360 e. The molecule has 1 amide bonds. The summed E-state index contributed by atoms with van der Waals surface area (Å²) in [5.41, 5.74) is 0.0241. The molecular weight excluding hydrogens is 296 g/mol. The van der Waals surface area contributed by atoms with Gasteiger partial charge in [0.05, 0.1) is 19.0 Å². The largest absolute Gasteiger partial charge is 0.464 e. The van der Waals surface area contributed by atoms with Gasteiger partial charge >= 0.3 is 5.97 Å². The lowest BCUT2D eigenvalue weighted by Crippen LogP contribution is -2.22. The van der Waals surface area contributed by atoms with Crippen molar-refractivity contribution in [3.8, 4) is 0 Å². The smallest absolute Gasteiger partial charge is 0.360 e. The number of ether oxygens (including phenoxy) is 2. The van der Waals surface area contributed by atoms with Gasteiger partial charge in [-0.05, 0) is 19.3 Å². The monoisotopic (exact) mass is 314 g/mol. The summed E-state index contributed by atoms with van der Waals surface area (Å²) >= 11 is 1.51. The Morgan fingerprint density at radius 3 is 3.10 bits per heavy atom. The zero-order chi connectivity index (χ0) is 15.1. The van der Waals surface area contributed by atoms with Crippen LogP contribution in [0.4, 0.5) is 5.88 Å². The van der Waals surface area contributed by atoms with Gasteiger partial charge in [-0.1, -0.05) is 5.16 Å². The molecule has 0 aliphatic carbocycles. The lowest BCUT2D eigenvalue weighted by atomic mass is 10.1. The van der Waals surface area contributed by atoms with Gasteiger partial charge in [0.15, 0.2) is 5.69 Å². The van der Waals surface area contributed by atoms with E-state index in [1.807, 2.05) is 0 Å². The van der Waals surface area contributed by atoms with Gasteiger partial charge in [0.2, 0.25) is 11.8 Å². The summed E-state index contributed by atoms with van der Waals surface area (Å²) in [5, 5.41) is 6.04. The number of methoxy groups -OCH3 is 1. The number of carbonyl (C=O) groups excluding carboxylic acids is 2. The fourth-order valence-corrected chi connectivity index (χ4v) is 2.83. The Balaban J connectivity index is 1.69. The van der Waals surface area contributed by atoms with Gasteiger partial charge in [-0.3, -0.25) is 10.1 Å². The Morgan fingerprint density at radius 2 is 2.38 bits per heavy atom. The first-order valence-corrected chi connectivity index (χ1v) is 7.88. The fraction of sp³-hybridized carbons (Fsp3) is 0.615. The van der Waals surface area contributed by atoms with Crippen LogP contribution in [0, 0.1) is 0 Å². The van der Waals surface area contributed by atoms with Crippen LogP contribution >= 0.6 is 11.8 Å². The van der Waals surface area contributed by atoms with E-state index in [1.54, 1.807) is 0 Å². The van der Waals surface area contributed by atoms with Gasteiger partial charge in [-0.15, -0.1) is 11.8 Å². The Hall–Kier alpha value is -1.54. The highest BCUT2D eigenvalue weighted by Gasteiger charge is 2.16. The minimum atomic E-state index is -0.608. The zero-order valence-electron chi connectivity index (χ0n) is 11.8. The number of nitrogens with zero attached hydrogens (tertiary/aromatic N) is 1. The molecule has 0 radical (unpaired) electrons.